The molecule has 0 saturated carbocycles. The highest BCUT2D eigenvalue weighted by Gasteiger charge is 2.26. The standard InChI is InChI=1S/C23H30FN3O2/c1-17-19-7-3-5-9-21(19)27(16-18-6-2-4-8-20(18)24)22(17)23(28)25-10-11-26-12-14-29-15-13-26/h2,4,6,8H,3,5,7,9-16H2,1H3,(H,25,28)/p+1. The zero-order valence-corrected chi connectivity index (χ0v) is 17.2. The SMILES string of the molecule is Cc1c2c(n(Cc3ccccc3F)c1C(=O)NCC[NH+]1CCOCC1)CCCC2. The first kappa shape index (κ1) is 20.1. The molecule has 1 saturated heterocycles. The van der Waals surface area contributed by atoms with Crippen LogP contribution in [0.1, 0.15) is 45.7 Å². The van der Waals surface area contributed by atoms with Crippen LogP contribution in [0, 0.1) is 12.7 Å². The van der Waals surface area contributed by atoms with Crippen molar-refractivity contribution in [3.63, 3.8) is 0 Å². The predicted molar refractivity (Wildman–Crippen MR) is 110 cm³/mol. The first-order chi connectivity index (χ1) is 14.1. The van der Waals surface area contributed by atoms with Crippen molar-refractivity contribution < 1.29 is 18.8 Å². The minimum absolute atomic E-state index is 0.0408. The van der Waals surface area contributed by atoms with Gasteiger partial charge in [0.1, 0.15) is 24.6 Å². The predicted octanol–water partition coefficient (Wildman–Crippen LogP) is 1.51. The molecule has 0 bridgehead atoms. The summed E-state index contributed by atoms with van der Waals surface area (Å²) in [5.74, 6) is -0.258. The van der Waals surface area contributed by atoms with Crippen LogP contribution >= 0.6 is 0 Å². The molecule has 2 aliphatic rings. The van der Waals surface area contributed by atoms with Crippen molar-refractivity contribution in [2.24, 2.45) is 0 Å². The normalized spacial score (nSPS) is 17.2. The van der Waals surface area contributed by atoms with E-state index < -0.39 is 0 Å². The Kier molecular flexibility index (Phi) is 6.31. The summed E-state index contributed by atoms with van der Waals surface area (Å²) in [6.45, 7) is 7.57. The summed E-state index contributed by atoms with van der Waals surface area (Å²) in [6.07, 6.45) is 4.23. The van der Waals surface area contributed by atoms with Gasteiger partial charge in [0.2, 0.25) is 0 Å². The Balaban J connectivity index is 1.55. The topological polar surface area (TPSA) is 47.7 Å². The molecule has 0 atom stereocenters. The summed E-state index contributed by atoms with van der Waals surface area (Å²) in [5, 5.41) is 3.12. The number of morpholine rings is 1. The van der Waals surface area contributed by atoms with Crippen LogP contribution in [0.5, 0.6) is 0 Å². The third kappa shape index (κ3) is 4.38. The number of halogens is 1. The average molecular weight is 401 g/mol. The van der Waals surface area contributed by atoms with Crippen LogP contribution in [-0.2, 0) is 24.1 Å². The van der Waals surface area contributed by atoms with E-state index in [4.69, 9.17) is 4.74 Å². The minimum Gasteiger partial charge on any atom is -0.370 e. The number of hydrogen-bond acceptors (Lipinski definition) is 2. The van der Waals surface area contributed by atoms with Crippen molar-refractivity contribution in [1.82, 2.24) is 9.88 Å². The number of carbonyl (C=O) groups excluding carboxylic acids is 1. The second kappa shape index (κ2) is 9.09. The average Bonchev–Trinajstić information content (AvgIpc) is 3.02. The van der Waals surface area contributed by atoms with Crippen LogP contribution in [0.3, 0.4) is 0 Å². The molecule has 5 nitrogen and oxygen atoms in total. The van der Waals surface area contributed by atoms with E-state index in [1.54, 1.807) is 6.07 Å². The Morgan fingerprint density at radius 3 is 2.76 bits per heavy atom. The molecule has 1 aromatic heterocycles. The van der Waals surface area contributed by atoms with Gasteiger partial charge < -0.3 is 19.5 Å². The zero-order valence-electron chi connectivity index (χ0n) is 17.2. The van der Waals surface area contributed by atoms with Crippen molar-refractivity contribution in [3.05, 3.63) is 58.2 Å². The minimum atomic E-state index is -0.217. The summed E-state index contributed by atoms with van der Waals surface area (Å²) in [7, 11) is 0. The maximum absolute atomic E-state index is 14.3. The first-order valence-corrected chi connectivity index (χ1v) is 10.8. The van der Waals surface area contributed by atoms with Gasteiger partial charge in [0.15, 0.2) is 0 Å². The number of aromatic nitrogens is 1. The molecule has 156 valence electrons. The van der Waals surface area contributed by atoms with E-state index >= 15 is 0 Å². The van der Waals surface area contributed by atoms with Gasteiger partial charge in [0.05, 0.1) is 32.8 Å². The van der Waals surface area contributed by atoms with Crippen LogP contribution in [-0.4, -0.2) is 49.9 Å². The number of quaternary nitrogens is 1. The van der Waals surface area contributed by atoms with Crippen molar-refractivity contribution >= 4 is 5.91 Å². The maximum atomic E-state index is 14.3. The van der Waals surface area contributed by atoms with Gasteiger partial charge in [0, 0.05) is 11.3 Å². The zero-order chi connectivity index (χ0) is 20.2. The molecule has 4 rings (SSSR count). The third-order valence-corrected chi connectivity index (χ3v) is 6.31. The summed E-state index contributed by atoms with van der Waals surface area (Å²) in [4.78, 5) is 14.6. The molecular formula is C23H31FN3O2+. The number of nitrogens with zero attached hydrogens (tertiary/aromatic N) is 1. The molecular weight excluding hydrogens is 369 g/mol. The molecule has 2 heterocycles. The molecule has 1 aromatic carbocycles. The van der Waals surface area contributed by atoms with Gasteiger partial charge in [-0.05, 0) is 49.8 Å². The number of carbonyl (C=O) groups is 1. The lowest BCUT2D eigenvalue weighted by Gasteiger charge is -2.23. The third-order valence-electron chi connectivity index (χ3n) is 6.31. The first-order valence-electron chi connectivity index (χ1n) is 10.8. The molecule has 0 unspecified atom stereocenters. The lowest BCUT2D eigenvalue weighted by Crippen LogP contribution is -3.14. The van der Waals surface area contributed by atoms with Crippen LogP contribution in [0.2, 0.25) is 0 Å². The quantitative estimate of drug-likeness (QED) is 0.772. The molecule has 2 aromatic rings. The van der Waals surface area contributed by atoms with E-state index in [2.05, 4.69) is 9.88 Å². The van der Waals surface area contributed by atoms with Crippen LogP contribution in [0.4, 0.5) is 4.39 Å². The Morgan fingerprint density at radius 2 is 1.97 bits per heavy atom. The highest BCUT2D eigenvalue weighted by molar-refractivity contribution is 5.95. The number of ether oxygens (including phenoxy) is 1. The van der Waals surface area contributed by atoms with Crippen LogP contribution < -0.4 is 10.2 Å². The molecule has 0 spiro atoms. The fourth-order valence-corrected chi connectivity index (χ4v) is 4.68. The smallest absolute Gasteiger partial charge is 0.268 e. The summed E-state index contributed by atoms with van der Waals surface area (Å²) in [6, 6.07) is 6.86. The fraction of sp³-hybridized carbons (Fsp3) is 0.522. The lowest BCUT2D eigenvalue weighted by molar-refractivity contribution is -0.906. The second-order valence-electron chi connectivity index (χ2n) is 8.15. The van der Waals surface area contributed by atoms with E-state index in [1.807, 2.05) is 19.1 Å². The van der Waals surface area contributed by atoms with Gasteiger partial charge in [-0.2, -0.15) is 0 Å². The van der Waals surface area contributed by atoms with Gasteiger partial charge in [-0.15, -0.1) is 0 Å². The number of rotatable bonds is 6. The van der Waals surface area contributed by atoms with E-state index in [1.165, 1.54) is 22.2 Å². The van der Waals surface area contributed by atoms with Crippen LogP contribution in [0.25, 0.3) is 0 Å². The van der Waals surface area contributed by atoms with Gasteiger partial charge in [0.25, 0.3) is 5.91 Å². The Hall–Kier alpha value is -2.18. The number of hydrogen-bond donors (Lipinski definition) is 2. The molecule has 1 aliphatic carbocycles. The summed E-state index contributed by atoms with van der Waals surface area (Å²) in [5.41, 5.74) is 4.89. The molecule has 1 amide bonds. The monoisotopic (exact) mass is 400 g/mol. The highest BCUT2D eigenvalue weighted by Crippen LogP contribution is 2.30. The summed E-state index contributed by atoms with van der Waals surface area (Å²) >= 11 is 0. The van der Waals surface area contributed by atoms with Crippen LogP contribution in [0.15, 0.2) is 24.3 Å². The Bertz CT molecular complexity index is 871. The van der Waals surface area contributed by atoms with E-state index in [0.717, 1.165) is 64.1 Å². The van der Waals surface area contributed by atoms with Crippen molar-refractivity contribution in [2.45, 2.75) is 39.2 Å². The van der Waals surface area contributed by atoms with Crippen molar-refractivity contribution in [2.75, 3.05) is 39.4 Å². The number of fused-ring (bicyclic) bond motifs is 1. The number of nitrogens with one attached hydrogen (secondary N) is 2. The molecule has 6 heteroatoms. The molecule has 29 heavy (non-hydrogen) atoms. The maximum Gasteiger partial charge on any atom is 0.268 e. The fourth-order valence-electron chi connectivity index (χ4n) is 4.68. The van der Waals surface area contributed by atoms with Gasteiger partial charge in [-0.25, -0.2) is 4.39 Å². The lowest BCUT2D eigenvalue weighted by atomic mass is 9.95. The number of benzene rings is 1. The Morgan fingerprint density at radius 1 is 1.21 bits per heavy atom. The van der Waals surface area contributed by atoms with Gasteiger partial charge >= 0.3 is 0 Å². The molecule has 1 aliphatic heterocycles. The molecule has 2 N–H and O–H groups in total. The largest absolute Gasteiger partial charge is 0.370 e. The Labute approximate surface area is 171 Å². The molecule has 1 fully saturated rings. The van der Waals surface area contributed by atoms with E-state index in [9.17, 15) is 9.18 Å². The number of amides is 1. The second-order valence-corrected chi connectivity index (χ2v) is 8.15. The molecule has 0 radical (unpaired) electrons. The van der Waals surface area contributed by atoms with Crippen molar-refractivity contribution in [3.8, 4) is 0 Å². The van der Waals surface area contributed by atoms with Crippen molar-refractivity contribution in [1.29, 1.82) is 0 Å². The van der Waals surface area contributed by atoms with E-state index in [0.29, 0.717) is 24.3 Å². The highest BCUT2D eigenvalue weighted by atomic mass is 19.1. The summed E-state index contributed by atoms with van der Waals surface area (Å²) < 4.78 is 21.8. The van der Waals surface area contributed by atoms with Gasteiger partial charge in [-0.1, -0.05) is 18.2 Å². The van der Waals surface area contributed by atoms with Gasteiger partial charge in [-0.3, -0.25) is 4.79 Å². The van der Waals surface area contributed by atoms with E-state index in [-0.39, 0.29) is 11.7 Å².